The summed E-state index contributed by atoms with van der Waals surface area (Å²) in [5, 5.41) is 8.60. The molecule has 1 aromatic carbocycles. The van der Waals surface area contributed by atoms with Crippen LogP contribution in [0.4, 0.5) is 10.8 Å². The second kappa shape index (κ2) is 6.71. The van der Waals surface area contributed by atoms with Crippen LogP contribution in [-0.4, -0.2) is 10.1 Å². The van der Waals surface area contributed by atoms with Crippen LogP contribution < -0.4 is 10.6 Å². The van der Waals surface area contributed by atoms with E-state index in [0.29, 0.717) is 15.2 Å². The number of nitrogens with one attached hydrogen (secondary N) is 2. The van der Waals surface area contributed by atoms with Crippen molar-refractivity contribution in [2.24, 2.45) is 5.92 Å². The summed E-state index contributed by atoms with van der Waals surface area (Å²) < 4.78 is 0. The molecule has 3 rings (SSSR count). The van der Waals surface area contributed by atoms with E-state index >= 15 is 0 Å². The van der Waals surface area contributed by atoms with Gasteiger partial charge in [0.1, 0.15) is 0 Å². The first-order valence-corrected chi connectivity index (χ1v) is 9.01. The molecule has 3 nitrogen and oxygen atoms in total. The number of benzene rings is 1. The molecule has 1 unspecified atom stereocenters. The van der Waals surface area contributed by atoms with Crippen molar-refractivity contribution < 1.29 is 0 Å². The number of anilines is 2. The van der Waals surface area contributed by atoms with E-state index in [2.05, 4.69) is 22.5 Å². The molecule has 1 heterocycles. The Morgan fingerprint density at radius 1 is 1.32 bits per heavy atom. The number of aromatic nitrogens is 1. The highest BCUT2D eigenvalue weighted by Gasteiger charge is 2.20. The van der Waals surface area contributed by atoms with Crippen molar-refractivity contribution in [2.45, 2.75) is 26.2 Å². The second-order valence-electron chi connectivity index (χ2n) is 5.44. The average Bonchev–Trinajstić information content (AvgIpc) is 2.84. The predicted molar refractivity (Wildman–Crippen MR) is 99.6 cm³/mol. The SMILES string of the molecule is CC1CCc2nc(NC(=S)Nc3ccc(Cl)c(Cl)c3)sc2C1. The van der Waals surface area contributed by atoms with Crippen molar-refractivity contribution in [3.05, 3.63) is 38.8 Å². The molecule has 1 aromatic heterocycles. The quantitative estimate of drug-likeness (QED) is 0.694. The van der Waals surface area contributed by atoms with Crippen molar-refractivity contribution in [3.63, 3.8) is 0 Å². The third kappa shape index (κ3) is 3.71. The van der Waals surface area contributed by atoms with Gasteiger partial charge < -0.3 is 10.6 Å². The summed E-state index contributed by atoms with van der Waals surface area (Å²) in [7, 11) is 0. The maximum atomic E-state index is 5.99. The minimum absolute atomic E-state index is 0.494. The molecular formula is C15H15Cl2N3S2. The third-order valence-corrected chi connectivity index (χ3v) is 5.56. The van der Waals surface area contributed by atoms with Crippen molar-refractivity contribution in [3.8, 4) is 0 Å². The van der Waals surface area contributed by atoms with Gasteiger partial charge in [-0.05, 0) is 55.6 Å². The van der Waals surface area contributed by atoms with Crippen LogP contribution in [0.25, 0.3) is 0 Å². The second-order valence-corrected chi connectivity index (χ2v) is 7.75. The summed E-state index contributed by atoms with van der Waals surface area (Å²) in [5.41, 5.74) is 2.00. The van der Waals surface area contributed by atoms with Gasteiger partial charge in [-0.2, -0.15) is 0 Å². The van der Waals surface area contributed by atoms with Gasteiger partial charge in [0.2, 0.25) is 0 Å². The lowest BCUT2D eigenvalue weighted by atomic mass is 9.93. The van der Waals surface area contributed by atoms with Gasteiger partial charge in [0.15, 0.2) is 10.2 Å². The molecule has 7 heteroatoms. The molecule has 0 aliphatic heterocycles. The lowest BCUT2D eigenvalue weighted by Gasteiger charge is -2.15. The fourth-order valence-corrected chi connectivity index (χ4v) is 4.18. The number of aryl methyl sites for hydroxylation is 1. The van der Waals surface area contributed by atoms with E-state index in [1.165, 1.54) is 17.0 Å². The highest BCUT2D eigenvalue weighted by molar-refractivity contribution is 7.80. The number of halogens is 2. The first-order chi connectivity index (χ1) is 10.5. The number of hydrogen-bond acceptors (Lipinski definition) is 3. The largest absolute Gasteiger partial charge is 0.332 e. The molecule has 0 fully saturated rings. The molecule has 2 N–H and O–H groups in total. The maximum absolute atomic E-state index is 5.99. The molecule has 1 aliphatic rings. The monoisotopic (exact) mass is 371 g/mol. The zero-order valence-electron chi connectivity index (χ0n) is 12.0. The Bertz CT molecular complexity index is 715. The molecule has 116 valence electrons. The molecule has 0 bridgehead atoms. The van der Waals surface area contributed by atoms with Gasteiger partial charge in [0.25, 0.3) is 0 Å². The highest BCUT2D eigenvalue weighted by atomic mass is 35.5. The predicted octanol–water partition coefficient (Wildman–Crippen LogP) is 5.38. The van der Waals surface area contributed by atoms with Crippen LogP contribution in [0.5, 0.6) is 0 Å². The summed E-state index contributed by atoms with van der Waals surface area (Å²) in [6.07, 6.45) is 3.38. The van der Waals surface area contributed by atoms with Crippen molar-refractivity contribution in [1.29, 1.82) is 0 Å². The average molecular weight is 372 g/mol. The Balaban J connectivity index is 1.65. The molecule has 0 saturated carbocycles. The van der Waals surface area contributed by atoms with Crippen LogP contribution in [0.15, 0.2) is 18.2 Å². The summed E-state index contributed by atoms with van der Waals surface area (Å²) >= 11 is 18.9. The topological polar surface area (TPSA) is 37.0 Å². The Kier molecular flexibility index (Phi) is 4.88. The van der Waals surface area contributed by atoms with Crippen LogP contribution in [0, 0.1) is 5.92 Å². The molecule has 22 heavy (non-hydrogen) atoms. The summed E-state index contributed by atoms with van der Waals surface area (Å²) in [4.78, 5) is 6.00. The Morgan fingerprint density at radius 2 is 2.14 bits per heavy atom. The number of thiocarbonyl (C=S) groups is 1. The van der Waals surface area contributed by atoms with E-state index in [-0.39, 0.29) is 0 Å². The zero-order valence-corrected chi connectivity index (χ0v) is 15.1. The van der Waals surface area contributed by atoms with E-state index in [9.17, 15) is 0 Å². The van der Waals surface area contributed by atoms with Gasteiger partial charge in [-0.3, -0.25) is 0 Å². The minimum atomic E-state index is 0.494. The van der Waals surface area contributed by atoms with Crippen molar-refractivity contribution >= 4 is 62.7 Å². The van der Waals surface area contributed by atoms with Gasteiger partial charge in [-0.25, -0.2) is 4.98 Å². The normalized spacial score (nSPS) is 17.0. The number of rotatable bonds is 2. The number of fused-ring (bicyclic) bond motifs is 1. The van der Waals surface area contributed by atoms with Crippen molar-refractivity contribution in [1.82, 2.24) is 4.98 Å². The Labute approximate surface area is 149 Å². The third-order valence-electron chi connectivity index (χ3n) is 3.58. The number of hydrogen-bond donors (Lipinski definition) is 2. The van der Waals surface area contributed by atoms with Gasteiger partial charge >= 0.3 is 0 Å². The van der Waals surface area contributed by atoms with E-state index in [0.717, 1.165) is 29.6 Å². The van der Waals surface area contributed by atoms with Crippen LogP contribution in [0.2, 0.25) is 10.0 Å². The van der Waals surface area contributed by atoms with E-state index in [4.69, 9.17) is 35.4 Å². The fourth-order valence-electron chi connectivity index (χ4n) is 2.43. The first-order valence-electron chi connectivity index (χ1n) is 7.03. The number of thiazole rings is 1. The van der Waals surface area contributed by atoms with Crippen LogP contribution in [-0.2, 0) is 12.8 Å². The molecule has 0 saturated heterocycles. The summed E-state index contributed by atoms with van der Waals surface area (Å²) in [6.45, 7) is 2.28. The lowest BCUT2D eigenvalue weighted by molar-refractivity contribution is 0.502. The Morgan fingerprint density at radius 3 is 2.91 bits per heavy atom. The molecule has 2 aromatic rings. The van der Waals surface area contributed by atoms with Crippen LogP contribution in [0.3, 0.4) is 0 Å². The highest BCUT2D eigenvalue weighted by Crippen LogP contribution is 2.32. The summed E-state index contributed by atoms with van der Waals surface area (Å²) in [5.74, 6) is 0.738. The van der Waals surface area contributed by atoms with E-state index in [1.54, 1.807) is 23.5 Å². The number of nitrogens with zero attached hydrogens (tertiary/aromatic N) is 1. The smallest absolute Gasteiger partial charge is 0.189 e. The van der Waals surface area contributed by atoms with Gasteiger partial charge in [0.05, 0.1) is 15.7 Å². The first kappa shape index (κ1) is 16.0. The fraction of sp³-hybridized carbons (Fsp3) is 0.333. The molecule has 0 amide bonds. The van der Waals surface area contributed by atoms with Gasteiger partial charge in [0, 0.05) is 10.6 Å². The minimum Gasteiger partial charge on any atom is -0.332 e. The molecule has 0 radical (unpaired) electrons. The van der Waals surface area contributed by atoms with Gasteiger partial charge in [-0.1, -0.05) is 30.1 Å². The Hall–Kier alpha value is -0.880. The molecule has 1 atom stereocenters. The molecule has 1 aliphatic carbocycles. The molecular weight excluding hydrogens is 357 g/mol. The van der Waals surface area contributed by atoms with E-state index < -0.39 is 0 Å². The summed E-state index contributed by atoms with van der Waals surface area (Å²) in [6, 6.07) is 5.31. The van der Waals surface area contributed by atoms with E-state index in [1.807, 2.05) is 6.07 Å². The maximum Gasteiger partial charge on any atom is 0.189 e. The lowest BCUT2D eigenvalue weighted by Crippen LogP contribution is -2.18. The molecule has 0 spiro atoms. The zero-order chi connectivity index (χ0) is 15.7. The van der Waals surface area contributed by atoms with Crippen molar-refractivity contribution in [2.75, 3.05) is 10.6 Å². The standard InChI is InChI=1S/C15H15Cl2N3S2/c1-8-2-5-12-13(6-8)22-15(19-12)20-14(21)18-9-3-4-10(16)11(17)7-9/h3-4,7-8H,2,5-6H2,1H3,(H2,18,19,20,21). The van der Waals surface area contributed by atoms with Gasteiger partial charge in [-0.15, -0.1) is 11.3 Å². The van der Waals surface area contributed by atoms with Crippen LogP contribution >= 0.6 is 46.8 Å². The van der Waals surface area contributed by atoms with Crippen LogP contribution in [0.1, 0.15) is 23.9 Å².